The van der Waals surface area contributed by atoms with Gasteiger partial charge in [-0.15, -0.1) is 4.91 Å². The number of hydrogen-bond acceptors (Lipinski definition) is 8. The molecule has 2 atom stereocenters. The Kier molecular flexibility index (Phi) is 8.81. The smallest absolute Gasteiger partial charge is 0.335 e. The topological polar surface area (TPSA) is 96.2 Å². The molecule has 0 radical (unpaired) electrons. The summed E-state index contributed by atoms with van der Waals surface area (Å²) >= 11 is 1.14. The lowest BCUT2D eigenvalue weighted by Crippen LogP contribution is -2.28. The van der Waals surface area contributed by atoms with Crippen molar-refractivity contribution in [3.05, 3.63) is 104 Å². The minimum atomic E-state index is -0.647. The van der Waals surface area contributed by atoms with Gasteiger partial charge in [0.1, 0.15) is 18.4 Å². The molecule has 0 bridgehead atoms. The molecule has 0 aliphatic rings. The molecule has 0 spiro atoms. The highest BCUT2D eigenvalue weighted by Crippen LogP contribution is 2.29. The second kappa shape index (κ2) is 12.4. The predicted octanol–water partition coefficient (Wildman–Crippen LogP) is 5.12. The third-order valence-corrected chi connectivity index (χ3v) is 6.93. The summed E-state index contributed by atoms with van der Waals surface area (Å²) in [6.07, 6.45) is -0.240. The molecule has 1 heterocycles. The maximum atomic E-state index is 12.7. The molecule has 0 fully saturated rings. The molecular formula is C28H28N2O6S. The summed E-state index contributed by atoms with van der Waals surface area (Å²) in [5.41, 5.74) is 3.27. The van der Waals surface area contributed by atoms with Gasteiger partial charge in [-0.05, 0) is 47.9 Å². The summed E-state index contributed by atoms with van der Waals surface area (Å²) in [4.78, 5) is 36.0. The molecule has 0 amide bonds. The van der Waals surface area contributed by atoms with Crippen molar-refractivity contribution in [1.82, 2.24) is 4.57 Å². The number of ether oxygens (including phenoxy) is 3. The summed E-state index contributed by atoms with van der Waals surface area (Å²) in [6.45, 7) is 2.93. The van der Waals surface area contributed by atoms with Crippen LogP contribution in [0.4, 0.5) is 0 Å². The molecule has 8 nitrogen and oxygen atoms in total. The van der Waals surface area contributed by atoms with E-state index in [9.17, 15) is 14.5 Å². The van der Waals surface area contributed by atoms with Crippen molar-refractivity contribution >= 4 is 27.5 Å². The van der Waals surface area contributed by atoms with Crippen molar-refractivity contribution in [2.24, 2.45) is 5.18 Å². The number of esters is 1. The van der Waals surface area contributed by atoms with Gasteiger partial charge in [-0.2, -0.15) is 0 Å². The Labute approximate surface area is 218 Å². The molecule has 1 aromatic heterocycles. The zero-order chi connectivity index (χ0) is 26.2. The van der Waals surface area contributed by atoms with Gasteiger partial charge in [-0.25, -0.2) is 4.79 Å². The lowest BCUT2D eigenvalue weighted by molar-refractivity contribution is -0.153. The van der Waals surface area contributed by atoms with Gasteiger partial charge in [0.25, 0.3) is 0 Å². The number of benzene rings is 3. The van der Waals surface area contributed by atoms with E-state index >= 15 is 0 Å². The summed E-state index contributed by atoms with van der Waals surface area (Å²) in [7, 11) is 1.34. The fraction of sp³-hybridized carbons (Fsp3) is 0.286. The highest BCUT2D eigenvalue weighted by Gasteiger charge is 2.20. The lowest BCUT2D eigenvalue weighted by atomic mass is 9.99. The van der Waals surface area contributed by atoms with Crippen LogP contribution in [0.25, 0.3) is 10.2 Å². The second-order valence-electron chi connectivity index (χ2n) is 8.33. The minimum Gasteiger partial charge on any atom is -0.492 e. The molecule has 3 aromatic carbocycles. The number of carbonyl (C=O) groups is 1. The number of hydrogen-bond donors (Lipinski definition) is 0. The van der Waals surface area contributed by atoms with Crippen molar-refractivity contribution in [3.63, 3.8) is 0 Å². The van der Waals surface area contributed by atoms with Crippen LogP contribution in [-0.4, -0.2) is 37.0 Å². The number of thiazole rings is 1. The van der Waals surface area contributed by atoms with Crippen LogP contribution in [-0.2, 0) is 27.2 Å². The van der Waals surface area contributed by atoms with Gasteiger partial charge in [-0.1, -0.05) is 65.0 Å². The quantitative estimate of drug-likeness (QED) is 0.190. The second-order valence-corrected chi connectivity index (χ2v) is 9.32. The molecule has 37 heavy (non-hydrogen) atoms. The van der Waals surface area contributed by atoms with Gasteiger partial charge in [-0.3, -0.25) is 9.36 Å². The molecule has 0 saturated carbocycles. The van der Waals surface area contributed by atoms with E-state index in [1.54, 1.807) is 4.57 Å². The Balaban J connectivity index is 1.40. The predicted molar refractivity (Wildman–Crippen MR) is 143 cm³/mol. The van der Waals surface area contributed by atoms with Gasteiger partial charge < -0.3 is 14.2 Å². The molecule has 4 aromatic rings. The summed E-state index contributed by atoms with van der Waals surface area (Å²) < 4.78 is 18.6. The Morgan fingerprint density at radius 2 is 1.78 bits per heavy atom. The van der Waals surface area contributed by atoms with Gasteiger partial charge in [0.05, 0.1) is 23.9 Å². The first-order chi connectivity index (χ1) is 18.0. The number of fused-ring (bicyclic) bond motifs is 1. The Bertz CT molecular complexity index is 1400. The monoisotopic (exact) mass is 520 g/mol. The first-order valence-electron chi connectivity index (χ1n) is 12.0. The van der Waals surface area contributed by atoms with Crippen molar-refractivity contribution in [3.8, 4) is 5.75 Å². The molecule has 0 aliphatic heterocycles. The van der Waals surface area contributed by atoms with E-state index in [-0.39, 0.29) is 4.87 Å². The molecule has 0 aliphatic carbocycles. The van der Waals surface area contributed by atoms with E-state index in [4.69, 9.17) is 14.2 Å². The van der Waals surface area contributed by atoms with E-state index in [0.717, 1.165) is 38.2 Å². The van der Waals surface area contributed by atoms with E-state index in [0.29, 0.717) is 31.9 Å². The molecule has 4 rings (SSSR count). The van der Waals surface area contributed by atoms with Crippen LogP contribution >= 0.6 is 11.3 Å². The number of carbonyl (C=O) groups excluding carboxylic acids is 1. The average molecular weight is 521 g/mol. The minimum absolute atomic E-state index is 0.0915. The highest BCUT2D eigenvalue weighted by atomic mass is 32.1. The van der Waals surface area contributed by atoms with Crippen molar-refractivity contribution in [2.75, 3.05) is 20.3 Å². The van der Waals surface area contributed by atoms with E-state index < -0.39 is 18.1 Å². The number of nitrogens with zero attached hydrogens (tertiary/aromatic N) is 2. The van der Waals surface area contributed by atoms with Crippen molar-refractivity contribution in [2.45, 2.75) is 32.0 Å². The van der Waals surface area contributed by atoms with Crippen LogP contribution in [0.1, 0.15) is 29.7 Å². The van der Waals surface area contributed by atoms with Crippen LogP contribution < -0.4 is 9.61 Å². The zero-order valence-corrected chi connectivity index (χ0v) is 21.5. The number of rotatable bonds is 12. The van der Waals surface area contributed by atoms with E-state index in [2.05, 4.69) is 5.18 Å². The standard InChI is InChI=1S/C28H28N2O6S/c1-3-35-24(27(31)34-2)17-19-9-12-22(13-10-19)36-16-15-30-23-14-11-21(18-25(23)37-28(30)32)26(29-33)20-7-5-4-6-8-20/h4-14,18,24,26H,3,15-17H2,1-2H3. The third kappa shape index (κ3) is 6.31. The average Bonchev–Trinajstić information content (AvgIpc) is 3.24. The maximum absolute atomic E-state index is 12.7. The Hall–Kier alpha value is -3.82. The van der Waals surface area contributed by atoms with Gasteiger partial charge in [0.2, 0.25) is 0 Å². The normalized spacial score (nSPS) is 12.7. The fourth-order valence-corrected chi connectivity index (χ4v) is 5.11. The van der Waals surface area contributed by atoms with E-state index in [1.165, 1.54) is 7.11 Å². The zero-order valence-electron chi connectivity index (χ0n) is 20.7. The number of nitroso groups, excluding NO2 is 1. The van der Waals surface area contributed by atoms with Crippen LogP contribution in [0.15, 0.2) is 82.8 Å². The first kappa shape index (κ1) is 26.2. The van der Waals surface area contributed by atoms with E-state index in [1.807, 2.05) is 79.7 Å². The summed E-state index contributed by atoms with van der Waals surface area (Å²) in [6, 6.07) is 21.7. The largest absolute Gasteiger partial charge is 0.492 e. The summed E-state index contributed by atoms with van der Waals surface area (Å²) in [5.74, 6) is 0.258. The molecule has 2 unspecified atom stereocenters. The molecule has 9 heteroatoms. The lowest BCUT2D eigenvalue weighted by Gasteiger charge is -2.15. The van der Waals surface area contributed by atoms with Gasteiger partial charge in [0.15, 0.2) is 6.10 Å². The molecule has 0 N–H and O–H groups in total. The van der Waals surface area contributed by atoms with Gasteiger partial charge >= 0.3 is 10.8 Å². The third-order valence-electron chi connectivity index (χ3n) is 5.99. The van der Waals surface area contributed by atoms with Crippen LogP contribution in [0, 0.1) is 4.91 Å². The molecular weight excluding hydrogens is 492 g/mol. The summed E-state index contributed by atoms with van der Waals surface area (Å²) in [5, 5.41) is 3.31. The Morgan fingerprint density at radius 3 is 2.46 bits per heavy atom. The number of aromatic nitrogens is 1. The SMILES string of the molecule is CCOC(Cc1ccc(OCCn2c(=O)sc3cc(C(N=O)c4ccccc4)ccc32)cc1)C(=O)OC. The fourth-order valence-electron chi connectivity index (χ4n) is 4.15. The van der Waals surface area contributed by atoms with Crippen LogP contribution in [0.3, 0.4) is 0 Å². The van der Waals surface area contributed by atoms with Crippen molar-refractivity contribution in [1.29, 1.82) is 0 Å². The van der Waals surface area contributed by atoms with Crippen LogP contribution in [0.2, 0.25) is 0 Å². The maximum Gasteiger partial charge on any atom is 0.335 e. The Morgan fingerprint density at radius 1 is 1.03 bits per heavy atom. The van der Waals surface area contributed by atoms with Crippen molar-refractivity contribution < 1.29 is 19.0 Å². The molecule has 0 saturated heterocycles. The molecule has 192 valence electrons. The highest BCUT2D eigenvalue weighted by molar-refractivity contribution is 7.16. The first-order valence-corrected chi connectivity index (χ1v) is 12.8. The van der Waals surface area contributed by atoms with Crippen LogP contribution in [0.5, 0.6) is 5.75 Å². The van der Waals surface area contributed by atoms with Gasteiger partial charge in [0, 0.05) is 13.0 Å². The number of methoxy groups -OCH3 is 1.